The van der Waals surface area contributed by atoms with Gasteiger partial charge in [0.1, 0.15) is 5.78 Å². The van der Waals surface area contributed by atoms with Crippen molar-refractivity contribution in [3.8, 4) is 0 Å². The average Bonchev–Trinajstić information content (AvgIpc) is 2.29. The molecule has 3 atom stereocenters. The standard InChI is InChI=1S/C12H18O/c1-9-5-4-7-10-6-2-3-8-11(13)12(9)10/h4-5,9-10,12H,2-3,6-8H2,1H3/t9-,10+,12+/m1/s1. The van der Waals surface area contributed by atoms with Gasteiger partial charge in [0, 0.05) is 12.3 Å². The van der Waals surface area contributed by atoms with Gasteiger partial charge in [0.25, 0.3) is 0 Å². The van der Waals surface area contributed by atoms with Crippen molar-refractivity contribution in [2.45, 2.75) is 39.0 Å². The van der Waals surface area contributed by atoms with Crippen LogP contribution in [0.4, 0.5) is 0 Å². The molecule has 0 N–H and O–H groups in total. The SMILES string of the molecule is C[C@@H]1C=CC[C@@H]2CCCCC(=O)[C@H]21. The van der Waals surface area contributed by atoms with Crippen LogP contribution in [-0.2, 0) is 4.79 Å². The molecule has 1 fully saturated rings. The highest BCUT2D eigenvalue weighted by Crippen LogP contribution is 2.37. The minimum atomic E-state index is 0.354. The molecule has 0 saturated heterocycles. The summed E-state index contributed by atoms with van der Waals surface area (Å²) in [5.74, 6) is 2.03. The van der Waals surface area contributed by atoms with Crippen molar-refractivity contribution in [3.05, 3.63) is 12.2 Å². The van der Waals surface area contributed by atoms with E-state index in [-0.39, 0.29) is 0 Å². The maximum Gasteiger partial charge on any atom is 0.136 e. The van der Waals surface area contributed by atoms with E-state index in [0.717, 1.165) is 19.3 Å². The van der Waals surface area contributed by atoms with E-state index in [9.17, 15) is 4.79 Å². The van der Waals surface area contributed by atoms with E-state index in [0.29, 0.717) is 23.5 Å². The highest BCUT2D eigenvalue weighted by molar-refractivity contribution is 5.82. The first kappa shape index (κ1) is 8.98. The zero-order valence-corrected chi connectivity index (χ0v) is 8.33. The Morgan fingerprint density at radius 1 is 1.38 bits per heavy atom. The molecule has 2 aliphatic rings. The second-order valence-corrected chi connectivity index (χ2v) is 4.52. The summed E-state index contributed by atoms with van der Waals surface area (Å²) >= 11 is 0. The quantitative estimate of drug-likeness (QED) is 0.521. The Kier molecular flexibility index (Phi) is 2.52. The van der Waals surface area contributed by atoms with Crippen molar-refractivity contribution < 1.29 is 4.79 Å². The fraction of sp³-hybridized carbons (Fsp3) is 0.750. The fourth-order valence-electron chi connectivity index (χ4n) is 2.89. The third kappa shape index (κ3) is 1.70. The molecular formula is C12H18O. The van der Waals surface area contributed by atoms with E-state index in [1.54, 1.807) is 0 Å². The first-order chi connectivity index (χ1) is 6.29. The predicted octanol–water partition coefficient (Wildman–Crippen LogP) is 2.96. The molecule has 0 aromatic heterocycles. The summed E-state index contributed by atoms with van der Waals surface area (Å²) in [6, 6.07) is 0. The Hall–Kier alpha value is -0.590. The van der Waals surface area contributed by atoms with Gasteiger partial charge in [-0.15, -0.1) is 0 Å². The Morgan fingerprint density at radius 3 is 3.08 bits per heavy atom. The molecule has 13 heavy (non-hydrogen) atoms. The van der Waals surface area contributed by atoms with Gasteiger partial charge in [0.15, 0.2) is 0 Å². The first-order valence-electron chi connectivity index (χ1n) is 5.48. The Labute approximate surface area is 80.2 Å². The predicted molar refractivity (Wildman–Crippen MR) is 53.4 cm³/mol. The van der Waals surface area contributed by atoms with Gasteiger partial charge in [0.2, 0.25) is 0 Å². The lowest BCUT2D eigenvalue weighted by molar-refractivity contribution is -0.125. The number of Topliss-reactive ketones (excluding diaryl/α,β-unsaturated/α-hetero) is 1. The smallest absolute Gasteiger partial charge is 0.136 e. The summed E-state index contributed by atoms with van der Waals surface area (Å²) in [5, 5.41) is 0. The van der Waals surface area contributed by atoms with Gasteiger partial charge in [-0.2, -0.15) is 0 Å². The van der Waals surface area contributed by atoms with Crippen LogP contribution in [0.3, 0.4) is 0 Å². The topological polar surface area (TPSA) is 17.1 Å². The van der Waals surface area contributed by atoms with Crippen LogP contribution in [0.1, 0.15) is 39.0 Å². The molecule has 0 unspecified atom stereocenters. The van der Waals surface area contributed by atoms with Gasteiger partial charge in [-0.3, -0.25) is 4.79 Å². The summed E-state index contributed by atoms with van der Waals surface area (Å²) in [6.45, 7) is 2.19. The van der Waals surface area contributed by atoms with Crippen LogP contribution in [0.2, 0.25) is 0 Å². The zero-order valence-electron chi connectivity index (χ0n) is 8.33. The molecular weight excluding hydrogens is 160 g/mol. The van der Waals surface area contributed by atoms with Gasteiger partial charge in [-0.1, -0.05) is 25.5 Å². The largest absolute Gasteiger partial charge is 0.299 e. The molecule has 0 aromatic rings. The van der Waals surface area contributed by atoms with Crippen LogP contribution in [0.15, 0.2) is 12.2 Å². The van der Waals surface area contributed by atoms with Crippen LogP contribution < -0.4 is 0 Å². The van der Waals surface area contributed by atoms with Crippen molar-refractivity contribution in [2.75, 3.05) is 0 Å². The molecule has 1 saturated carbocycles. The summed E-state index contributed by atoms with van der Waals surface area (Å²) in [6.07, 6.45) is 10.1. The molecule has 0 aromatic carbocycles. The first-order valence-corrected chi connectivity index (χ1v) is 5.48. The summed E-state index contributed by atoms with van der Waals surface area (Å²) in [5.41, 5.74) is 0. The molecule has 1 nitrogen and oxygen atoms in total. The molecule has 0 heterocycles. The van der Waals surface area contributed by atoms with Crippen molar-refractivity contribution in [1.29, 1.82) is 0 Å². The molecule has 2 aliphatic carbocycles. The number of rotatable bonds is 0. The maximum atomic E-state index is 11.8. The van der Waals surface area contributed by atoms with Gasteiger partial charge in [-0.05, 0) is 31.1 Å². The van der Waals surface area contributed by atoms with Crippen LogP contribution in [0.5, 0.6) is 0 Å². The second-order valence-electron chi connectivity index (χ2n) is 4.52. The molecule has 0 aliphatic heterocycles. The molecule has 0 bridgehead atoms. The lowest BCUT2D eigenvalue weighted by atomic mass is 9.73. The van der Waals surface area contributed by atoms with Gasteiger partial charge >= 0.3 is 0 Å². The highest BCUT2D eigenvalue weighted by Gasteiger charge is 2.34. The van der Waals surface area contributed by atoms with E-state index in [4.69, 9.17) is 0 Å². The van der Waals surface area contributed by atoms with E-state index in [1.165, 1.54) is 12.8 Å². The number of carbonyl (C=O) groups excluding carboxylic acids is 1. The zero-order chi connectivity index (χ0) is 9.26. The summed E-state index contributed by atoms with van der Waals surface area (Å²) in [4.78, 5) is 11.8. The van der Waals surface area contributed by atoms with E-state index >= 15 is 0 Å². The Bertz CT molecular complexity index is 229. The number of fused-ring (bicyclic) bond motifs is 1. The van der Waals surface area contributed by atoms with E-state index in [2.05, 4.69) is 19.1 Å². The Morgan fingerprint density at radius 2 is 2.23 bits per heavy atom. The maximum absolute atomic E-state index is 11.8. The third-order valence-electron chi connectivity index (χ3n) is 3.57. The van der Waals surface area contributed by atoms with Crippen LogP contribution >= 0.6 is 0 Å². The van der Waals surface area contributed by atoms with Gasteiger partial charge < -0.3 is 0 Å². The number of allylic oxidation sites excluding steroid dienone is 2. The second kappa shape index (κ2) is 3.65. The minimum absolute atomic E-state index is 0.354. The number of carbonyl (C=O) groups is 1. The average molecular weight is 178 g/mol. The van der Waals surface area contributed by atoms with Crippen molar-refractivity contribution in [2.24, 2.45) is 17.8 Å². The molecule has 0 spiro atoms. The normalized spacial score (nSPS) is 39.8. The lowest BCUT2D eigenvalue weighted by Gasteiger charge is -2.30. The van der Waals surface area contributed by atoms with Crippen molar-refractivity contribution in [1.82, 2.24) is 0 Å². The number of ketones is 1. The molecule has 0 amide bonds. The number of hydrogen-bond donors (Lipinski definition) is 0. The van der Waals surface area contributed by atoms with E-state index in [1.807, 2.05) is 0 Å². The molecule has 0 radical (unpaired) electrons. The molecule has 1 heteroatoms. The van der Waals surface area contributed by atoms with E-state index < -0.39 is 0 Å². The van der Waals surface area contributed by atoms with Crippen molar-refractivity contribution in [3.63, 3.8) is 0 Å². The summed E-state index contributed by atoms with van der Waals surface area (Å²) in [7, 11) is 0. The highest BCUT2D eigenvalue weighted by atomic mass is 16.1. The third-order valence-corrected chi connectivity index (χ3v) is 3.57. The lowest BCUT2D eigenvalue weighted by Crippen LogP contribution is -2.29. The van der Waals surface area contributed by atoms with Gasteiger partial charge in [0.05, 0.1) is 0 Å². The van der Waals surface area contributed by atoms with Crippen LogP contribution in [0, 0.1) is 17.8 Å². The number of hydrogen-bond acceptors (Lipinski definition) is 1. The van der Waals surface area contributed by atoms with Crippen LogP contribution in [0.25, 0.3) is 0 Å². The Balaban J connectivity index is 2.20. The molecule has 72 valence electrons. The van der Waals surface area contributed by atoms with Gasteiger partial charge in [-0.25, -0.2) is 0 Å². The van der Waals surface area contributed by atoms with Crippen molar-refractivity contribution >= 4 is 5.78 Å². The monoisotopic (exact) mass is 178 g/mol. The molecule has 2 rings (SSSR count). The fourth-order valence-corrected chi connectivity index (χ4v) is 2.89. The van der Waals surface area contributed by atoms with Crippen LogP contribution in [-0.4, -0.2) is 5.78 Å². The minimum Gasteiger partial charge on any atom is -0.299 e. The summed E-state index contributed by atoms with van der Waals surface area (Å²) < 4.78 is 0.